The Labute approximate surface area is 257 Å². The Kier molecular flexibility index (Phi) is 9.85. The van der Waals surface area contributed by atoms with E-state index in [1.165, 1.54) is 0 Å². The summed E-state index contributed by atoms with van der Waals surface area (Å²) < 4.78 is 10.6. The number of carbonyl (C=O) groups is 5. The zero-order valence-electron chi connectivity index (χ0n) is 24.8. The van der Waals surface area contributed by atoms with Gasteiger partial charge in [0.05, 0.1) is 5.92 Å². The molecule has 3 aromatic rings. The van der Waals surface area contributed by atoms with Gasteiger partial charge < -0.3 is 19.9 Å². The number of hydrogen-bond donors (Lipinski definition) is 3. The number of benzene rings is 2. The maximum atomic E-state index is 12.4. The summed E-state index contributed by atoms with van der Waals surface area (Å²) in [5, 5.41) is 30.4. The Morgan fingerprint density at radius 3 is 2.18 bits per heavy atom. The van der Waals surface area contributed by atoms with Crippen LogP contribution < -0.4 is 10.6 Å². The molecule has 2 aromatic carbocycles. The fourth-order valence-corrected chi connectivity index (χ4v) is 4.15. The van der Waals surface area contributed by atoms with Crippen molar-refractivity contribution in [3.05, 3.63) is 65.5 Å². The highest BCUT2D eigenvalue weighted by atomic mass is 16.8. The van der Waals surface area contributed by atoms with Crippen molar-refractivity contribution in [2.75, 3.05) is 5.32 Å². The van der Waals surface area contributed by atoms with Gasteiger partial charge in [-0.3, -0.25) is 19.7 Å². The Hall–Kier alpha value is -5.67. The van der Waals surface area contributed by atoms with E-state index in [1.54, 1.807) is 76.2 Å². The van der Waals surface area contributed by atoms with Crippen molar-refractivity contribution in [3.8, 4) is 11.4 Å². The van der Waals surface area contributed by atoms with E-state index >= 15 is 0 Å². The number of anilines is 1. The van der Waals surface area contributed by atoms with Crippen molar-refractivity contribution in [2.24, 2.45) is 5.92 Å². The summed E-state index contributed by atoms with van der Waals surface area (Å²) in [4.78, 5) is 63.3. The van der Waals surface area contributed by atoms with Gasteiger partial charge in [-0.15, -0.1) is 20.4 Å². The molecule has 0 aliphatic carbocycles. The maximum Gasteiger partial charge on any atom is 0.531 e. The van der Waals surface area contributed by atoms with Gasteiger partial charge in [0.25, 0.3) is 11.8 Å². The number of carbonyl (C=O) groups excluding carboxylic acids is 4. The van der Waals surface area contributed by atoms with Crippen molar-refractivity contribution < 1.29 is 43.4 Å². The molecule has 2 unspecified atom stereocenters. The van der Waals surface area contributed by atoms with Crippen molar-refractivity contribution in [2.45, 2.75) is 58.8 Å². The molecule has 45 heavy (non-hydrogen) atoms. The van der Waals surface area contributed by atoms with Crippen LogP contribution >= 0.6 is 0 Å². The average molecular weight is 622 g/mol. The molecular formula is C29H31N7O9. The lowest BCUT2D eigenvalue weighted by atomic mass is 9.98. The van der Waals surface area contributed by atoms with E-state index in [2.05, 4.69) is 35.9 Å². The van der Waals surface area contributed by atoms with Crippen LogP contribution in [-0.2, 0) is 36.9 Å². The van der Waals surface area contributed by atoms with Gasteiger partial charge in [-0.05, 0) is 57.4 Å². The van der Waals surface area contributed by atoms with Crippen LogP contribution in [0.5, 0.6) is 0 Å². The summed E-state index contributed by atoms with van der Waals surface area (Å²) in [6, 6.07) is 13.6. The summed E-state index contributed by atoms with van der Waals surface area (Å²) in [5.74, 6) is -1.88. The molecule has 16 nitrogen and oxygen atoms in total. The lowest BCUT2D eigenvalue weighted by Gasteiger charge is -2.19. The zero-order valence-corrected chi connectivity index (χ0v) is 24.8. The number of amides is 4. The first kappa shape index (κ1) is 32.2. The Morgan fingerprint density at radius 1 is 0.956 bits per heavy atom. The van der Waals surface area contributed by atoms with Crippen LogP contribution in [-0.4, -0.2) is 66.3 Å². The lowest BCUT2D eigenvalue weighted by molar-refractivity contribution is -0.176. The van der Waals surface area contributed by atoms with Crippen molar-refractivity contribution in [3.63, 3.8) is 0 Å². The van der Waals surface area contributed by atoms with E-state index < -0.39 is 47.8 Å². The van der Waals surface area contributed by atoms with Crippen LogP contribution in [0.2, 0.25) is 0 Å². The molecule has 1 aliphatic rings. The van der Waals surface area contributed by atoms with Gasteiger partial charge in [0.1, 0.15) is 5.60 Å². The summed E-state index contributed by atoms with van der Waals surface area (Å²) in [7, 11) is 0. The Morgan fingerprint density at radius 2 is 1.58 bits per heavy atom. The van der Waals surface area contributed by atoms with Gasteiger partial charge in [-0.25, -0.2) is 14.4 Å². The van der Waals surface area contributed by atoms with E-state index in [4.69, 9.17) is 14.6 Å². The number of alkyl carbamates (subject to hydrolysis) is 1. The monoisotopic (exact) mass is 621 g/mol. The second kappa shape index (κ2) is 13.7. The van der Waals surface area contributed by atoms with Gasteiger partial charge in [-0.2, -0.15) is 0 Å². The highest BCUT2D eigenvalue weighted by Gasteiger charge is 2.41. The van der Waals surface area contributed by atoms with Gasteiger partial charge in [0.2, 0.25) is 11.6 Å². The lowest BCUT2D eigenvalue weighted by Crippen LogP contribution is -2.33. The number of nitrogens with zero attached hydrogens (tertiary/aromatic N) is 5. The standard InChI is InChI=1S/C29H31N7O9/c1-16(23-32-34-24(35-33-23)19-9-5-18(6-10-19)15-30-26(39)44-29(2,3)4)43-27(40)31-21-11-7-17(8-12-21)13-20-14-22(37)36(25(20)38)45-28(41)42/h5-12,16,20H,13-15H2,1-4H3,(H,30,39)(H,31,40)(H,41,42). The molecule has 0 saturated carbocycles. The van der Waals surface area contributed by atoms with Crippen LogP contribution in [0.3, 0.4) is 0 Å². The molecule has 1 fully saturated rings. The third kappa shape index (κ3) is 9.16. The van der Waals surface area contributed by atoms with Crippen LogP contribution in [0.15, 0.2) is 48.5 Å². The molecule has 16 heteroatoms. The van der Waals surface area contributed by atoms with Crippen LogP contribution in [0.25, 0.3) is 11.4 Å². The molecule has 0 spiro atoms. The molecule has 1 aromatic heterocycles. The molecular weight excluding hydrogens is 590 g/mol. The molecule has 2 heterocycles. The number of hydroxylamine groups is 2. The van der Waals surface area contributed by atoms with Crippen LogP contribution in [0, 0.1) is 5.92 Å². The minimum absolute atomic E-state index is 0.0825. The third-order valence-corrected chi connectivity index (χ3v) is 6.24. The zero-order chi connectivity index (χ0) is 32.7. The SMILES string of the molecule is CC(OC(=O)Nc1ccc(CC2CC(=O)N(OC(=O)O)C2=O)cc1)c1nnc(-c2ccc(CNC(=O)OC(C)(C)C)cc2)nn1. The third-order valence-electron chi connectivity index (χ3n) is 6.24. The molecule has 4 amide bonds. The van der Waals surface area contributed by atoms with Crippen LogP contribution in [0.1, 0.15) is 57.2 Å². The topological polar surface area (TPSA) is 212 Å². The first-order valence-corrected chi connectivity index (χ1v) is 13.7. The quantitative estimate of drug-likeness (QED) is 0.291. The smallest absolute Gasteiger partial charge is 0.448 e. The predicted octanol–water partition coefficient (Wildman–Crippen LogP) is 3.80. The van der Waals surface area contributed by atoms with Gasteiger partial charge in [-0.1, -0.05) is 41.5 Å². The highest BCUT2D eigenvalue weighted by molar-refractivity contribution is 6.03. The molecule has 236 valence electrons. The first-order valence-electron chi connectivity index (χ1n) is 13.7. The summed E-state index contributed by atoms with van der Waals surface area (Å²) in [5.41, 5.74) is 1.98. The number of ether oxygens (including phenoxy) is 2. The molecule has 2 atom stereocenters. The summed E-state index contributed by atoms with van der Waals surface area (Å²) >= 11 is 0. The van der Waals surface area contributed by atoms with Gasteiger partial charge in [0, 0.05) is 24.2 Å². The largest absolute Gasteiger partial charge is 0.531 e. The van der Waals surface area contributed by atoms with E-state index in [-0.39, 0.29) is 36.1 Å². The average Bonchev–Trinajstić information content (AvgIpc) is 3.23. The van der Waals surface area contributed by atoms with Crippen molar-refractivity contribution in [1.82, 2.24) is 30.8 Å². The molecule has 0 bridgehead atoms. The van der Waals surface area contributed by atoms with E-state index in [0.29, 0.717) is 16.8 Å². The Balaban J connectivity index is 1.25. The normalized spacial score (nSPS) is 15.3. The van der Waals surface area contributed by atoms with Gasteiger partial charge >= 0.3 is 18.3 Å². The van der Waals surface area contributed by atoms with Crippen molar-refractivity contribution >= 4 is 35.8 Å². The van der Waals surface area contributed by atoms with Crippen molar-refractivity contribution in [1.29, 1.82) is 0 Å². The molecule has 1 saturated heterocycles. The first-order chi connectivity index (χ1) is 21.3. The van der Waals surface area contributed by atoms with E-state index in [9.17, 15) is 24.0 Å². The second-order valence-electron chi connectivity index (χ2n) is 11.0. The van der Waals surface area contributed by atoms with E-state index in [1.807, 2.05) is 0 Å². The number of aromatic nitrogens is 4. The molecule has 0 radical (unpaired) electrons. The number of rotatable bonds is 9. The minimum Gasteiger partial charge on any atom is -0.448 e. The minimum atomic E-state index is -1.75. The number of carboxylic acid groups (broad SMARTS) is 1. The Bertz CT molecular complexity index is 1560. The van der Waals surface area contributed by atoms with Crippen LogP contribution in [0.4, 0.5) is 20.1 Å². The number of hydrogen-bond acceptors (Lipinski definition) is 12. The molecule has 3 N–H and O–H groups in total. The van der Waals surface area contributed by atoms with E-state index in [0.717, 1.165) is 5.56 Å². The van der Waals surface area contributed by atoms with Gasteiger partial charge in [0.15, 0.2) is 6.10 Å². The number of imide groups is 1. The second-order valence-corrected chi connectivity index (χ2v) is 11.0. The molecule has 1 aliphatic heterocycles. The fourth-order valence-electron chi connectivity index (χ4n) is 4.15. The highest BCUT2D eigenvalue weighted by Crippen LogP contribution is 2.25. The summed E-state index contributed by atoms with van der Waals surface area (Å²) in [6.07, 6.45) is -3.92. The molecule has 4 rings (SSSR count). The predicted molar refractivity (Wildman–Crippen MR) is 154 cm³/mol. The fraction of sp³-hybridized carbons (Fsp3) is 0.345. The maximum absolute atomic E-state index is 12.4. The summed E-state index contributed by atoms with van der Waals surface area (Å²) in [6.45, 7) is 7.19. The number of nitrogens with one attached hydrogen (secondary N) is 2.